The second kappa shape index (κ2) is 7.00. The highest BCUT2D eigenvalue weighted by Gasteiger charge is 2.16. The van der Waals surface area contributed by atoms with Crippen LogP contribution in [-0.2, 0) is 0 Å². The first-order valence-electron chi connectivity index (χ1n) is 5.84. The summed E-state index contributed by atoms with van der Waals surface area (Å²) in [4.78, 5) is 7.54. The van der Waals surface area contributed by atoms with Crippen LogP contribution in [0, 0.1) is 0 Å². The Morgan fingerprint density at radius 3 is 2.58 bits per heavy atom. The lowest BCUT2D eigenvalue weighted by atomic mass is 10.5. The van der Waals surface area contributed by atoms with E-state index in [0.717, 1.165) is 6.04 Å². The van der Waals surface area contributed by atoms with Crippen LogP contribution in [0.4, 0.5) is 8.78 Å². The van der Waals surface area contributed by atoms with Gasteiger partial charge in [0.05, 0.1) is 12.8 Å². The molecule has 0 aliphatic carbocycles. The lowest BCUT2D eigenvalue weighted by Gasteiger charge is -2.16. The first-order valence-corrected chi connectivity index (χ1v) is 9.93. The van der Waals surface area contributed by atoms with Crippen LogP contribution < -0.4 is 9.47 Å². The third kappa shape index (κ3) is 6.67. The molecule has 4 nitrogen and oxygen atoms in total. The number of alkyl halides is 2. The Balaban J connectivity index is 2.66. The van der Waals surface area contributed by atoms with Gasteiger partial charge in [-0.3, -0.25) is 0 Å². The van der Waals surface area contributed by atoms with Crippen molar-refractivity contribution >= 4 is 19.7 Å². The van der Waals surface area contributed by atoms with Gasteiger partial charge in [-0.05, 0) is 17.6 Å². The quantitative estimate of drug-likeness (QED) is 0.571. The summed E-state index contributed by atoms with van der Waals surface area (Å²) in [5, 5.41) is -0.00704. The van der Waals surface area contributed by atoms with Gasteiger partial charge in [-0.15, -0.1) is 0 Å². The van der Waals surface area contributed by atoms with Crippen molar-refractivity contribution in [2.45, 2.75) is 32.1 Å². The van der Waals surface area contributed by atoms with E-state index in [9.17, 15) is 8.78 Å². The summed E-state index contributed by atoms with van der Waals surface area (Å²) in [5.74, 6) is 0.194. The SMILES string of the molecule is C[Si](C)(C)CCOc1nc(Cl)ncc1OCC(F)F. The van der Waals surface area contributed by atoms with Crippen molar-refractivity contribution in [1.82, 2.24) is 9.97 Å². The van der Waals surface area contributed by atoms with Gasteiger partial charge in [0.1, 0.15) is 6.61 Å². The molecule has 1 aromatic rings. The molecule has 0 aromatic carbocycles. The van der Waals surface area contributed by atoms with E-state index >= 15 is 0 Å². The van der Waals surface area contributed by atoms with Crippen molar-refractivity contribution in [2.75, 3.05) is 13.2 Å². The molecule has 0 fully saturated rings. The summed E-state index contributed by atoms with van der Waals surface area (Å²) in [5.41, 5.74) is 0. The van der Waals surface area contributed by atoms with Crippen LogP contribution in [0.25, 0.3) is 0 Å². The van der Waals surface area contributed by atoms with Crippen molar-refractivity contribution in [2.24, 2.45) is 0 Å². The number of rotatable bonds is 7. The molecule has 0 spiro atoms. The second-order valence-electron chi connectivity index (χ2n) is 5.17. The number of hydrogen-bond donors (Lipinski definition) is 0. The lowest BCUT2D eigenvalue weighted by molar-refractivity contribution is 0.0794. The average molecular weight is 311 g/mol. The molecule has 0 saturated heterocycles. The molecule has 0 aliphatic heterocycles. The standard InChI is InChI=1S/C11H17ClF2N2O2Si/c1-19(2,3)5-4-17-10-8(18-7-9(13)14)6-15-11(12)16-10/h6,9H,4-5,7H2,1-3H3. The van der Waals surface area contributed by atoms with E-state index in [2.05, 4.69) is 29.6 Å². The molecule has 0 saturated carbocycles. The molecule has 0 aliphatic rings. The summed E-state index contributed by atoms with van der Waals surface area (Å²) >= 11 is 5.65. The zero-order valence-corrected chi connectivity index (χ0v) is 12.9. The topological polar surface area (TPSA) is 44.2 Å². The van der Waals surface area contributed by atoms with E-state index in [4.69, 9.17) is 21.1 Å². The van der Waals surface area contributed by atoms with E-state index in [-0.39, 0.29) is 16.9 Å². The van der Waals surface area contributed by atoms with Gasteiger partial charge in [-0.1, -0.05) is 19.6 Å². The van der Waals surface area contributed by atoms with Crippen LogP contribution in [0.15, 0.2) is 6.20 Å². The predicted octanol–water partition coefficient (Wildman–Crippen LogP) is 3.49. The number of nitrogens with zero attached hydrogens (tertiary/aromatic N) is 2. The second-order valence-corrected chi connectivity index (χ2v) is 11.1. The fraction of sp³-hybridized carbons (Fsp3) is 0.636. The van der Waals surface area contributed by atoms with Gasteiger partial charge in [0.2, 0.25) is 5.28 Å². The molecule has 8 heteroatoms. The Hall–Kier alpha value is -0.953. The molecule has 1 aromatic heterocycles. The van der Waals surface area contributed by atoms with Crippen LogP contribution in [0.5, 0.6) is 11.6 Å². The minimum absolute atomic E-state index is 0.00704. The molecule has 1 heterocycles. The first-order chi connectivity index (χ1) is 8.78. The molecule has 0 atom stereocenters. The number of halogens is 3. The van der Waals surface area contributed by atoms with Crippen LogP contribution in [-0.4, -0.2) is 37.7 Å². The molecule has 108 valence electrons. The van der Waals surface area contributed by atoms with Gasteiger partial charge in [0, 0.05) is 8.07 Å². The third-order valence-corrected chi connectivity index (χ3v) is 4.03. The van der Waals surface area contributed by atoms with Crippen LogP contribution in [0.1, 0.15) is 0 Å². The Labute approximate surface area is 117 Å². The summed E-state index contributed by atoms with van der Waals surface area (Å²) in [6, 6.07) is 0.920. The summed E-state index contributed by atoms with van der Waals surface area (Å²) in [6.07, 6.45) is -1.33. The van der Waals surface area contributed by atoms with Crippen molar-refractivity contribution in [3.05, 3.63) is 11.5 Å². The number of aromatic nitrogens is 2. The number of hydrogen-bond acceptors (Lipinski definition) is 4. The molecule has 0 bridgehead atoms. The Morgan fingerprint density at radius 2 is 2.00 bits per heavy atom. The number of ether oxygens (including phenoxy) is 2. The fourth-order valence-electron chi connectivity index (χ4n) is 1.14. The molecule has 0 N–H and O–H groups in total. The normalized spacial score (nSPS) is 11.7. The molecular formula is C11H17ClF2N2O2Si. The van der Waals surface area contributed by atoms with Crippen molar-refractivity contribution in [3.63, 3.8) is 0 Å². The van der Waals surface area contributed by atoms with Gasteiger partial charge >= 0.3 is 0 Å². The van der Waals surface area contributed by atoms with Gasteiger partial charge in [0.25, 0.3) is 12.3 Å². The van der Waals surface area contributed by atoms with Crippen molar-refractivity contribution < 1.29 is 18.3 Å². The summed E-state index contributed by atoms with van der Waals surface area (Å²) in [7, 11) is -1.24. The lowest BCUT2D eigenvalue weighted by Crippen LogP contribution is -2.22. The first kappa shape index (κ1) is 16.1. The van der Waals surface area contributed by atoms with Crippen LogP contribution in [0.2, 0.25) is 31.0 Å². The Morgan fingerprint density at radius 1 is 1.32 bits per heavy atom. The smallest absolute Gasteiger partial charge is 0.272 e. The molecular weight excluding hydrogens is 294 g/mol. The zero-order valence-electron chi connectivity index (χ0n) is 11.1. The highest BCUT2D eigenvalue weighted by Crippen LogP contribution is 2.26. The zero-order chi connectivity index (χ0) is 14.5. The highest BCUT2D eigenvalue weighted by atomic mass is 35.5. The van der Waals surface area contributed by atoms with E-state index < -0.39 is 21.1 Å². The van der Waals surface area contributed by atoms with Crippen molar-refractivity contribution in [1.29, 1.82) is 0 Å². The van der Waals surface area contributed by atoms with Gasteiger partial charge in [0.15, 0.2) is 5.75 Å². The minimum atomic E-state index is -2.56. The van der Waals surface area contributed by atoms with Gasteiger partial charge in [-0.2, -0.15) is 4.98 Å². The summed E-state index contributed by atoms with van der Waals surface area (Å²) in [6.45, 7) is 6.34. The van der Waals surface area contributed by atoms with E-state index in [1.807, 2.05) is 0 Å². The minimum Gasteiger partial charge on any atom is -0.481 e. The molecule has 19 heavy (non-hydrogen) atoms. The maximum Gasteiger partial charge on any atom is 0.272 e. The van der Waals surface area contributed by atoms with E-state index in [1.165, 1.54) is 6.20 Å². The molecule has 0 radical (unpaired) electrons. The van der Waals surface area contributed by atoms with E-state index in [0.29, 0.717) is 6.61 Å². The predicted molar refractivity (Wildman–Crippen MR) is 72.2 cm³/mol. The fourth-order valence-corrected chi connectivity index (χ4v) is 1.98. The Bertz CT molecular complexity index is 416. The Kier molecular flexibility index (Phi) is 5.93. The largest absolute Gasteiger partial charge is 0.481 e. The van der Waals surface area contributed by atoms with Crippen LogP contribution in [0.3, 0.4) is 0 Å². The van der Waals surface area contributed by atoms with Gasteiger partial charge < -0.3 is 9.47 Å². The molecule has 1 rings (SSSR count). The maximum atomic E-state index is 12.1. The molecule has 0 amide bonds. The average Bonchev–Trinajstić information content (AvgIpc) is 2.26. The van der Waals surface area contributed by atoms with E-state index in [1.54, 1.807) is 0 Å². The monoisotopic (exact) mass is 310 g/mol. The summed E-state index contributed by atoms with van der Waals surface area (Å²) < 4.78 is 34.6. The highest BCUT2D eigenvalue weighted by molar-refractivity contribution is 6.76. The van der Waals surface area contributed by atoms with Crippen molar-refractivity contribution in [3.8, 4) is 11.6 Å². The molecule has 0 unspecified atom stereocenters. The van der Waals surface area contributed by atoms with Gasteiger partial charge in [-0.25, -0.2) is 13.8 Å². The maximum absolute atomic E-state index is 12.1. The third-order valence-electron chi connectivity index (χ3n) is 2.15. The van der Waals surface area contributed by atoms with Crippen LogP contribution >= 0.6 is 11.6 Å².